The number of guanidine groups is 1. The molecule has 0 amide bonds. The second-order valence-electron chi connectivity index (χ2n) is 6.47. The lowest BCUT2D eigenvalue weighted by molar-refractivity contribution is 0.273. The van der Waals surface area contributed by atoms with E-state index in [0.717, 1.165) is 43.4 Å². The summed E-state index contributed by atoms with van der Waals surface area (Å²) in [7, 11) is 1.41. The van der Waals surface area contributed by atoms with Crippen LogP contribution < -0.4 is 5.32 Å². The molecule has 1 saturated heterocycles. The number of hydrogen-bond acceptors (Lipinski definition) is 3. The Kier molecular flexibility index (Phi) is 8.62. The van der Waals surface area contributed by atoms with Gasteiger partial charge in [-0.25, -0.2) is 12.7 Å². The third kappa shape index (κ3) is 5.55. The number of nitrogens with one attached hydrogen (secondary N) is 1. The summed E-state index contributed by atoms with van der Waals surface area (Å²) >= 11 is 0. The van der Waals surface area contributed by atoms with Gasteiger partial charge in [-0.05, 0) is 30.4 Å². The lowest BCUT2D eigenvalue weighted by Gasteiger charge is -2.33. The number of halogens is 1. The molecule has 2 rings (SSSR count). The van der Waals surface area contributed by atoms with Gasteiger partial charge in [0.1, 0.15) is 0 Å². The van der Waals surface area contributed by atoms with Gasteiger partial charge in [0, 0.05) is 40.8 Å². The van der Waals surface area contributed by atoms with E-state index < -0.39 is 10.0 Å². The largest absolute Gasteiger partial charge is 0.352 e. The van der Waals surface area contributed by atoms with Gasteiger partial charge in [-0.15, -0.1) is 24.0 Å². The molecule has 1 aliphatic heterocycles. The van der Waals surface area contributed by atoms with Crippen LogP contribution in [0.5, 0.6) is 0 Å². The molecule has 1 aliphatic rings. The number of nitrogens with zero attached hydrogens (tertiary/aromatic N) is 3. The molecule has 142 valence electrons. The summed E-state index contributed by atoms with van der Waals surface area (Å²) in [4.78, 5) is 6.93. The van der Waals surface area contributed by atoms with Crippen molar-refractivity contribution in [1.29, 1.82) is 0 Å². The molecule has 0 spiro atoms. The Morgan fingerprint density at radius 2 is 1.88 bits per heavy atom. The van der Waals surface area contributed by atoms with Crippen LogP contribution in [0.15, 0.2) is 34.2 Å². The molecule has 1 aromatic carbocycles. The highest BCUT2D eigenvalue weighted by Crippen LogP contribution is 2.19. The summed E-state index contributed by atoms with van der Waals surface area (Å²) in [5, 5.41) is 3.31. The van der Waals surface area contributed by atoms with Gasteiger partial charge in [0.25, 0.3) is 0 Å². The van der Waals surface area contributed by atoms with Crippen molar-refractivity contribution in [2.24, 2.45) is 10.9 Å². The van der Waals surface area contributed by atoms with Crippen molar-refractivity contribution in [2.45, 2.75) is 31.2 Å². The summed E-state index contributed by atoms with van der Waals surface area (Å²) in [6.45, 7) is 4.68. The summed E-state index contributed by atoms with van der Waals surface area (Å²) < 4.78 is 26.2. The first-order valence-corrected chi connectivity index (χ1v) is 9.76. The number of hydrogen-bond donors (Lipinski definition) is 1. The van der Waals surface area contributed by atoms with E-state index >= 15 is 0 Å². The van der Waals surface area contributed by atoms with Crippen molar-refractivity contribution in [3.63, 3.8) is 0 Å². The standard InChI is InChI=1S/C17H28N4O2S.HI/c1-14-9-11-21(12-10-14)17(18-2)19-13-15-7-5-6-8-16(15)24(22,23)20(3)4;/h5-8,14H,9-13H2,1-4H3,(H,18,19);1H. The Balaban J connectivity index is 0.00000312. The van der Waals surface area contributed by atoms with Gasteiger partial charge in [-0.1, -0.05) is 25.1 Å². The summed E-state index contributed by atoms with van der Waals surface area (Å²) in [5.41, 5.74) is 0.748. The molecule has 1 N–H and O–H groups in total. The molecule has 0 unspecified atom stereocenters. The van der Waals surface area contributed by atoms with E-state index in [1.54, 1.807) is 33.3 Å². The van der Waals surface area contributed by atoms with Crippen molar-refractivity contribution >= 4 is 40.0 Å². The van der Waals surface area contributed by atoms with Gasteiger partial charge in [-0.2, -0.15) is 0 Å². The molecule has 6 nitrogen and oxygen atoms in total. The Morgan fingerprint density at radius 3 is 2.44 bits per heavy atom. The second-order valence-corrected chi connectivity index (χ2v) is 8.59. The fraction of sp³-hybridized carbons (Fsp3) is 0.588. The van der Waals surface area contributed by atoms with Gasteiger partial charge < -0.3 is 10.2 Å². The monoisotopic (exact) mass is 480 g/mol. The molecule has 0 aromatic heterocycles. The van der Waals surface area contributed by atoms with Crippen molar-refractivity contribution < 1.29 is 8.42 Å². The van der Waals surface area contributed by atoms with Gasteiger partial charge >= 0.3 is 0 Å². The molecular formula is C17H29IN4O2S. The van der Waals surface area contributed by atoms with Crippen LogP contribution in [0.2, 0.25) is 0 Å². The smallest absolute Gasteiger partial charge is 0.242 e. The maximum atomic E-state index is 12.5. The van der Waals surface area contributed by atoms with Crippen LogP contribution in [0, 0.1) is 5.92 Å². The average Bonchev–Trinajstić information content (AvgIpc) is 2.57. The van der Waals surface area contributed by atoms with Crippen molar-refractivity contribution in [3.8, 4) is 0 Å². The molecule has 8 heteroatoms. The van der Waals surface area contributed by atoms with Crippen LogP contribution in [0.25, 0.3) is 0 Å². The Bertz CT molecular complexity index is 684. The highest BCUT2D eigenvalue weighted by Gasteiger charge is 2.22. The van der Waals surface area contributed by atoms with E-state index in [1.165, 1.54) is 4.31 Å². The first kappa shape index (κ1) is 22.2. The molecule has 0 radical (unpaired) electrons. The summed E-state index contributed by atoms with van der Waals surface area (Å²) in [6.07, 6.45) is 2.32. The highest BCUT2D eigenvalue weighted by molar-refractivity contribution is 14.0. The Hall–Kier alpha value is -0.870. The van der Waals surface area contributed by atoms with E-state index in [4.69, 9.17) is 0 Å². The predicted octanol–water partition coefficient (Wildman–Crippen LogP) is 2.36. The quantitative estimate of drug-likeness (QED) is 0.409. The van der Waals surface area contributed by atoms with Crippen molar-refractivity contribution in [3.05, 3.63) is 29.8 Å². The Labute approximate surface area is 168 Å². The van der Waals surface area contributed by atoms with Gasteiger partial charge in [0.15, 0.2) is 5.96 Å². The predicted molar refractivity (Wildman–Crippen MR) is 113 cm³/mol. The third-order valence-corrected chi connectivity index (χ3v) is 6.38. The molecule has 0 saturated carbocycles. The highest BCUT2D eigenvalue weighted by atomic mass is 127. The SMILES string of the molecule is CN=C(NCc1ccccc1S(=O)(=O)N(C)C)N1CCC(C)CC1.I. The minimum atomic E-state index is -3.45. The van der Waals surface area contributed by atoms with Gasteiger partial charge in [0.2, 0.25) is 10.0 Å². The van der Waals surface area contributed by atoms with E-state index in [2.05, 4.69) is 22.1 Å². The normalized spacial score (nSPS) is 16.7. The maximum absolute atomic E-state index is 12.5. The van der Waals surface area contributed by atoms with Crippen LogP contribution in [0.1, 0.15) is 25.3 Å². The van der Waals surface area contributed by atoms with Crippen LogP contribution in [0.3, 0.4) is 0 Å². The lowest BCUT2D eigenvalue weighted by atomic mass is 10.00. The molecule has 0 bridgehead atoms. The number of likely N-dealkylation sites (tertiary alicyclic amines) is 1. The van der Waals surface area contributed by atoms with Gasteiger partial charge in [-0.3, -0.25) is 4.99 Å². The number of piperidine rings is 1. The zero-order chi connectivity index (χ0) is 17.7. The first-order valence-electron chi connectivity index (χ1n) is 8.32. The van der Waals surface area contributed by atoms with Crippen LogP contribution >= 0.6 is 24.0 Å². The molecule has 1 aromatic rings. The van der Waals surface area contributed by atoms with Gasteiger partial charge in [0.05, 0.1) is 4.90 Å². The zero-order valence-corrected chi connectivity index (χ0v) is 18.5. The minimum absolute atomic E-state index is 0. The maximum Gasteiger partial charge on any atom is 0.242 e. The molecule has 1 heterocycles. The number of aliphatic imine (C=N–C) groups is 1. The van der Waals surface area contributed by atoms with E-state index in [-0.39, 0.29) is 24.0 Å². The van der Waals surface area contributed by atoms with E-state index in [9.17, 15) is 8.42 Å². The fourth-order valence-electron chi connectivity index (χ4n) is 2.83. The third-order valence-electron chi connectivity index (χ3n) is 4.46. The first-order chi connectivity index (χ1) is 11.4. The topological polar surface area (TPSA) is 65.0 Å². The van der Waals surface area contributed by atoms with Crippen molar-refractivity contribution in [1.82, 2.24) is 14.5 Å². The summed E-state index contributed by atoms with van der Waals surface area (Å²) in [5.74, 6) is 1.59. The number of sulfonamides is 1. The molecular weight excluding hydrogens is 451 g/mol. The van der Waals surface area contributed by atoms with Crippen LogP contribution in [-0.4, -0.2) is 57.8 Å². The van der Waals surface area contributed by atoms with Crippen LogP contribution in [0.4, 0.5) is 0 Å². The molecule has 0 atom stereocenters. The summed E-state index contributed by atoms with van der Waals surface area (Å²) in [6, 6.07) is 7.10. The molecule has 1 fully saturated rings. The molecule has 25 heavy (non-hydrogen) atoms. The van der Waals surface area contributed by atoms with Crippen molar-refractivity contribution in [2.75, 3.05) is 34.2 Å². The zero-order valence-electron chi connectivity index (χ0n) is 15.4. The van der Waals surface area contributed by atoms with Crippen LogP contribution in [-0.2, 0) is 16.6 Å². The molecule has 0 aliphatic carbocycles. The Morgan fingerprint density at radius 1 is 1.28 bits per heavy atom. The lowest BCUT2D eigenvalue weighted by Crippen LogP contribution is -2.45. The fourth-order valence-corrected chi connectivity index (χ4v) is 3.94. The minimum Gasteiger partial charge on any atom is -0.352 e. The number of rotatable bonds is 4. The average molecular weight is 480 g/mol. The van der Waals surface area contributed by atoms with E-state index in [0.29, 0.717) is 11.4 Å². The van der Waals surface area contributed by atoms with E-state index in [1.807, 2.05) is 12.1 Å². The second kappa shape index (κ2) is 9.72. The number of benzene rings is 1.